The third-order valence-corrected chi connectivity index (χ3v) is 4.70. The molecule has 0 aliphatic heterocycles. The zero-order valence-electron chi connectivity index (χ0n) is 11.7. The highest BCUT2D eigenvalue weighted by Crippen LogP contribution is 2.35. The van der Waals surface area contributed by atoms with Gasteiger partial charge in [-0.25, -0.2) is 0 Å². The fourth-order valence-electron chi connectivity index (χ4n) is 3.23. The van der Waals surface area contributed by atoms with Crippen LogP contribution in [0.3, 0.4) is 0 Å². The van der Waals surface area contributed by atoms with E-state index in [1.165, 1.54) is 23.8 Å². The molecule has 2 atom stereocenters. The summed E-state index contributed by atoms with van der Waals surface area (Å²) in [5.41, 5.74) is 3.73. The lowest BCUT2D eigenvalue weighted by Gasteiger charge is -2.26. The summed E-state index contributed by atoms with van der Waals surface area (Å²) < 4.78 is 4.86. The van der Waals surface area contributed by atoms with Gasteiger partial charge in [-0.3, -0.25) is 4.79 Å². The molecule has 1 N–H and O–H groups in total. The third-order valence-electron chi connectivity index (χ3n) is 4.47. The van der Waals surface area contributed by atoms with E-state index < -0.39 is 0 Å². The maximum Gasteiger partial charge on any atom is 0.308 e. The monoisotopic (exact) mass is 291 g/mol. The van der Waals surface area contributed by atoms with Gasteiger partial charge in [-0.05, 0) is 48.9 Å². The molecule has 0 bridgehead atoms. The van der Waals surface area contributed by atoms with Gasteiger partial charge in [-0.1, -0.05) is 18.5 Å². The van der Waals surface area contributed by atoms with Crippen molar-refractivity contribution in [1.82, 2.24) is 4.98 Å². The minimum absolute atomic E-state index is 0.0526. The van der Waals surface area contributed by atoms with E-state index in [4.69, 9.17) is 16.3 Å². The number of methoxy groups -OCH3 is 1. The van der Waals surface area contributed by atoms with Gasteiger partial charge >= 0.3 is 5.97 Å². The smallest absolute Gasteiger partial charge is 0.308 e. The van der Waals surface area contributed by atoms with Gasteiger partial charge in [0.1, 0.15) is 0 Å². The van der Waals surface area contributed by atoms with Crippen molar-refractivity contribution < 1.29 is 9.53 Å². The lowest BCUT2D eigenvalue weighted by molar-refractivity contribution is -0.146. The van der Waals surface area contributed by atoms with E-state index in [-0.39, 0.29) is 11.9 Å². The molecule has 0 saturated carbocycles. The SMILES string of the molecule is COC(=O)[C@H](C)[C@H]1CCc2c([nH]c3ccc(Cl)cc23)C1. The van der Waals surface area contributed by atoms with Crippen LogP contribution in [0.4, 0.5) is 0 Å². The molecule has 106 valence electrons. The van der Waals surface area contributed by atoms with Gasteiger partial charge in [0.2, 0.25) is 0 Å². The number of aromatic nitrogens is 1. The molecule has 1 aliphatic carbocycles. The average molecular weight is 292 g/mol. The minimum atomic E-state index is -0.113. The zero-order valence-corrected chi connectivity index (χ0v) is 12.5. The molecule has 0 radical (unpaired) electrons. The number of hydrogen-bond donors (Lipinski definition) is 1. The molecule has 0 spiro atoms. The number of ether oxygens (including phenoxy) is 1. The van der Waals surface area contributed by atoms with E-state index in [0.29, 0.717) is 5.92 Å². The average Bonchev–Trinajstić information content (AvgIpc) is 2.82. The van der Waals surface area contributed by atoms with Crippen LogP contribution < -0.4 is 0 Å². The van der Waals surface area contributed by atoms with Gasteiger partial charge in [-0.2, -0.15) is 0 Å². The Hall–Kier alpha value is -1.48. The summed E-state index contributed by atoms with van der Waals surface area (Å²) >= 11 is 6.08. The number of carbonyl (C=O) groups is 1. The summed E-state index contributed by atoms with van der Waals surface area (Å²) in [7, 11) is 1.46. The molecular formula is C16H18ClNO2. The Morgan fingerprint density at radius 2 is 2.30 bits per heavy atom. The van der Waals surface area contributed by atoms with E-state index >= 15 is 0 Å². The quantitative estimate of drug-likeness (QED) is 0.857. The maximum atomic E-state index is 11.7. The normalized spacial score (nSPS) is 19.6. The number of aromatic amines is 1. The number of aryl methyl sites for hydroxylation is 1. The standard InChI is InChI=1S/C16H18ClNO2/c1-9(16(19)20-2)10-3-5-12-13-8-11(17)4-6-14(13)18-15(12)7-10/h4,6,8-10,18H,3,5,7H2,1-2H3/t9-,10+/m1/s1. The molecule has 0 fully saturated rings. The highest BCUT2D eigenvalue weighted by atomic mass is 35.5. The first kappa shape index (κ1) is 13.5. The molecule has 0 saturated heterocycles. The van der Waals surface area contributed by atoms with Crippen molar-refractivity contribution in [1.29, 1.82) is 0 Å². The van der Waals surface area contributed by atoms with Crippen molar-refractivity contribution in [2.45, 2.75) is 26.2 Å². The fourth-order valence-corrected chi connectivity index (χ4v) is 3.41. The molecule has 3 nitrogen and oxygen atoms in total. The Labute approximate surface area is 123 Å². The summed E-state index contributed by atoms with van der Waals surface area (Å²) in [5.74, 6) is 0.180. The van der Waals surface area contributed by atoms with Crippen LogP contribution in [0, 0.1) is 11.8 Å². The Kier molecular flexibility index (Phi) is 3.47. The van der Waals surface area contributed by atoms with Crippen molar-refractivity contribution in [2.75, 3.05) is 7.11 Å². The first-order valence-corrected chi connectivity index (χ1v) is 7.34. The molecule has 3 rings (SSSR count). The number of fused-ring (bicyclic) bond motifs is 3. The first-order chi connectivity index (χ1) is 9.60. The van der Waals surface area contributed by atoms with Gasteiger partial charge in [-0.15, -0.1) is 0 Å². The lowest BCUT2D eigenvalue weighted by atomic mass is 9.79. The zero-order chi connectivity index (χ0) is 14.3. The van der Waals surface area contributed by atoms with Crippen LogP contribution >= 0.6 is 11.6 Å². The van der Waals surface area contributed by atoms with E-state index in [1.54, 1.807) is 0 Å². The molecular weight excluding hydrogens is 274 g/mol. The molecule has 1 aromatic carbocycles. The molecule has 2 aromatic rings. The number of nitrogens with one attached hydrogen (secondary N) is 1. The highest BCUT2D eigenvalue weighted by molar-refractivity contribution is 6.31. The second kappa shape index (κ2) is 5.13. The number of carbonyl (C=O) groups excluding carboxylic acids is 1. The number of halogens is 1. The van der Waals surface area contributed by atoms with Gasteiger partial charge in [0.15, 0.2) is 0 Å². The summed E-state index contributed by atoms with van der Waals surface area (Å²) in [6.07, 6.45) is 2.91. The number of benzene rings is 1. The predicted octanol–water partition coefficient (Wildman–Crippen LogP) is 3.74. The van der Waals surface area contributed by atoms with Crippen LogP contribution in [0.1, 0.15) is 24.6 Å². The molecule has 4 heteroatoms. The minimum Gasteiger partial charge on any atom is -0.469 e. The number of rotatable bonds is 2. The van der Waals surface area contributed by atoms with Gasteiger partial charge in [0.25, 0.3) is 0 Å². The molecule has 1 aromatic heterocycles. The van der Waals surface area contributed by atoms with Crippen LogP contribution in [-0.2, 0) is 22.4 Å². The van der Waals surface area contributed by atoms with Crippen molar-refractivity contribution in [2.24, 2.45) is 11.8 Å². The Bertz CT molecular complexity index is 662. The van der Waals surface area contributed by atoms with Crippen LogP contribution in [-0.4, -0.2) is 18.1 Å². The Balaban J connectivity index is 1.92. The summed E-state index contributed by atoms with van der Waals surface area (Å²) in [6.45, 7) is 1.96. The van der Waals surface area contributed by atoms with E-state index in [2.05, 4.69) is 4.98 Å². The molecule has 1 aliphatic rings. The molecule has 20 heavy (non-hydrogen) atoms. The predicted molar refractivity (Wildman–Crippen MR) is 80.0 cm³/mol. The largest absolute Gasteiger partial charge is 0.469 e. The van der Waals surface area contributed by atoms with Crippen LogP contribution in [0.25, 0.3) is 10.9 Å². The van der Waals surface area contributed by atoms with Gasteiger partial charge < -0.3 is 9.72 Å². The molecule has 0 amide bonds. The van der Waals surface area contributed by atoms with Gasteiger partial charge in [0.05, 0.1) is 13.0 Å². The Morgan fingerprint density at radius 3 is 3.05 bits per heavy atom. The molecule has 1 heterocycles. The fraction of sp³-hybridized carbons (Fsp3) is 0.438. The van der Waals surface area contributed by atoms with E-state index in [0.717, 1.165) is 29.8 Å². The molecule has 0 unspecified atom stereocenters. The van der Waals surface area contributed by atoms with Crippen LogP contribution in [0.2, 0.25) is 5.02 Å². The van der Waals surface area contributed by atoms with Crippen molar-refractivity contribution >= 4 is 28.5 Å². The van der Waals surface area contributed by atoms with Crippen molar-refractivity contribution in [3.05, 3.63) is 34.5 Å². The first-order valence-electron chi connectivity index (χ1n) is 6.97. The Morgan fingerprint density at radius 1 is 1.50 bits per heavy atom. The lowest BCUT2D eigenvalue weighted by Crippen LogP contribution is -2.27. The summed E-state index contributed by atoms with van der Waals surface area (Å²) in [5, 5.41) is 1.99. The van der Waals surface area contributed by atoms with Crippen molar-refractivity contribution in [3.63, 3.8) is 0 Å². The van der Waals surface area contributed by atoms with Crippen LogP contribution in [0.5, 0.6) is 0 Å². The highest BCUT2D eigenvalue weighted by Gasteiger charge is 2.30. The van der Waals surface area contributed by atoms with Crippen molar-refractivity contribution in [3.8, 4) is 0 Å². The van der Waals surface area contributed by atoms with Crippen LogP contribution in [0.15, 0.2) is 18.2 Å². The van der Waals surface area contributed by atoms with E-state index in [1.807, 2.05) is 25.1 Å². The summed E-state index contributed by atoms with van der Waals surface area (Å²) in [4.78, 5) is 15.2. The topological polar surface area (TPSA) is 42.1 Å². The van der Waals surface area contributed by atoms with E-state index in [9.17, 15) is 4.79 Å². The summed E-state index contributed by atoms with van der Waals surface area (Å²) in [6, 6.07) is 5.95. The number of hydrogen-bond acceptors (Lipinski definition) is 2. The third kappa shape index (κ3) is 2.20. The second-order valence-corrected chi connectivity index (χ2v) is 6.02. The number of esters is 1. The number of H-pyrrole nitrogens is 1. The second-order valence-electron chi connectivity index (χ2n) is 5.59. The maximum absolute atomic E-state index is 11.7. The van der Waals surface area contributed by atoms with Gasteiger partial charge in [0, 0.05) is 21.6 Å².